The van der Waals surface area contributed by atoms with E-state index in [1.807, 2.05) is 6.92 Å². The Morgan fingerprint density at radius 2 is 2.62 bits per heavy atom. The van der Waals surface area contributed by atoms with Crippen LogP contribution in [0, 0.1) is 0 Å². The van der Waals surface area contributed by atoms with Gasteiger partial charge in [0, 0.05) is 5.38 Å². The van der Waals surface area contributed by atoms with Gasteiger partial charge in [0.15, 0.2) is 11.3 Å². The van der Waals surface area contributed by atoms with Crippen molar-refractivity contribution >= 4 is 23.3 Å². The van der Waals surface area contributed by atoms with Gasteiger partial charge in [-0.05, 0) is 6.42 Å². The van der Waals surface area contributed by atoms with Gasteiger partial charge in [0.25, 0.3) is 0 Å². The summed E-state index contributed by atoms with van der Waals surface area (Å²) < 4.78 is 0. The van der Waals surface area contributed by atoms with Crippen LogP contribution in [0.25, 0.3) is 0 Å². The van der Waals surface area contributed by atoms with Crippen molar-refractivity contribution in [3.8, 4) is 0 Å². The van der Waals surface area contributed by atoms with Crippen LogP contribution in [-0.2, 0) is 4.84 Å². The molecule has 1 heterocycles. The molecule has 0 spiro atoms. The van der Waals surface area contributed by atoms with Gasteiger partial charge < -0.3 is 4.84 Å². The molecule has 1 aromatic rings. The number of oxime groups is 1. The van der Waals surface area contributed by atoms with Gasteiger partial charge in [-0.15, -0.1) is 11.3 Å². The van der Waals surface area contributed by atoms with Crippen LogP contribution >= 0.6 is 11.3 Å². The van der Waals surface area contributed by atoms with Gasteiger partial charge in [-0.25, -0.2) is 4.98 Å². The highest BCUT2D eigenvalue weighted by Gasteiger charge is 2.06. The summed E-state index contributed by atoms with van der Waals surface area (Å²) in [5.74, 6) is 0. The maximum atomic E-state index is 10.4. The second-order valence-electron chi connectivity index (χ2n) is 2.26. The van der Waals surface area contributed by atoms with Gasteiger partial charge in [0.1, 0.15) is 12.8 Å². The van der Waals surface area contributed by atoms with E-state index in [0.29, 0.717) is 5.01 Å². The summed E-state index contributed by atoms with van der Waals surface area (Å²) >= 11 is 1.30. The lowest BCUT2D eigenvalue weighted by molar-refractivity contribution is 0.112. The summed E-state index contributed by atoms with van der Waals surface area (Å²) in [5.41, 5.74) is 1.48. The third kappa shape index (κ3) is 2.35. The second-order valence-corrected chi connectivity index (χ2v) is 3.15. The number of aldehydes is 1. The van der Waals surface area contributed by atoms with Gasteiger partial charge in [-0.1, -0.05) is 12.1 Å². The minimum Gasteiger partial charge on any atom is -0.399 e. The van der Waals surface area contributed by atoms with Gasteiger partial charge >= 0.3 is 0 Å². The molecule has 0 fully saturated rings. The molecular weight excluding hydrogens is 188 g/mol. The number of thiazole rings is 1. The number of nitrogens with zero attached hydrogens (tertiary/aromatic N) is 2. The Hall–Kier alpha value is -1.23. The first-order chi connectivity index (χ1) is 6.31. The lowest BCUT2D eigenvalue weighted by Crippen LogP contribution is -2.00. The normalized spacial score (nSPS) is 11.4. The van der Waals surface area contributed by atoms with Crippen LogP contribution < -0.4 is 0 Å². The minimum absolute atomic E-state index is 0.465. The van der Waals surface area contributed by atoms with E-state index in [4.69, 9.17) is 0 Å². The first kappa shape index (κ1) is 9.85. The maximum Gasteiger partial charge on any atom is 0.178 e. The van der Waals surface area contributed by atoms with Crippen LogP contribution in [0.5, 0.6) is 0 Å². The van der Waals surface area contributed by atoms with E-state index in [-0.39, 0.29) is 0 Å². The van der Waals surface area contributed by atoms with Crippen molar-refractivity contribution in [1.82, 2.24) is 4.98 Å². The van der Waals surface area contributed by atoms with Crippen LogP contribution in [0.4, 0.5) is 0 Å². The number of carbonyl (C=O) groups is 1. The number of carbonyl (C=O) groups excluding carboxylic acids is 1. The number of rotatable bonds is 4. The van der Waals surface area contributed by atoms with Crippen molar-refractivity contribution in [3.05, 3.63) is 16.1 Å². The molecule has 1 aromatic heterocycles. The van der Waals surface area contributed by atoms with Gasteiger partial charge in [-0.3, -0.25) is 4.79 Å². The molecule has 4 nitrogen and oxygen atoms in total. The SMILES string of the molecule is CCC(=NOC)c1csc(C=O)n1. The van der Waals surface area contributed by atoms with Crippen molar-refractivity contribution in [3.63, 3.8) is 0 Å². The molecule has 0 amide bonds. The Labute approximate surface area is 80.2 Å². The summed E-state index contributed by atoms with van der Waals surface area (Å²) in [6, 6.07) is 0. The maximum absolute atomic E-state index is 10.4. The molecule has 0 N–H and O–H groups in total. The standard InChI is InChI=1S/C8H10N2O2S/c1-3-6(10-12-2)7-5-13-8(4-11)9-7/h4-5H,3H2,1-2H3. The third-order valence-corrected chi connectivity index (χ3v) is 2.22. The molecule has 70 valence electrons. The number of hydrogen-bond donors (Lipinski definition) is 0. The Balaban J connectivity index is 2.91. The van der Waals surface area contributed by atoms with Gasteiger partial charge in [0.05, 0.1) is 5.69 Å². The molecular formula is C8H10N2O2S. The summed E-state index contributed by atoms with van der Waals surface area (Å²) in [4.78, 5) is 19.1. The molecule has 13 heavy (non-hydrogen) atoms. The third-order valence-electron chi connectivity index (χ3n) is 1.45. The Morgan fingerprint density at radius 3 is 3.08 bits per heavy atom. The highest BCUT2D eigenvalue weighted by molar-refractivity contribution is 7.11. The van der Waals surface area contributed by atoms with Crippen molar-refractivity contribution in [1.29, 1.82) is 0 Å². The number of aromatic nitrogens is 1. The Morgan fingerprint density at radius 1 is 1.85 bits per heavy atom. The molecule has 0 aliphatic carbocycles. The van der Waals surface area contributed by atoms with Crippen LogP contribution in [0.3, 0.4) is 0 Å². The molecule has 0 aliphatic rings. The first-order valence-electron chi connectivity index (χ1n) is 3.83. The largest absolute Gasteiger partial charge is 0.399 e. The molecule has 0 bridgehead atoms. The molecule has 0 atom stereocenters. The summed E-state index contributed by atoms with van der Waals surface area (Å²) in [5, 5.41) is 6.07. The van der Waals surface area contributed by atoms with E-state index in [0.717, 1.165) is 24.1 Å². The predicted octanol–water partition coefficient (Wildman–Crippen LogP) is 1.72. The van der Waals surface area contributed by atoms with E-state index in [1.54, 1.807) is 5.38 Å². The lowest BCUT2D eigenvalue weighted by Gasteiger charge is -1.96. The zero-order chi connectivity index (χ0) is 9.68. The van der Waals surface area contributed by atoms with Crippen LogP contribution in [0.1, 0.15) is 28.8 Å². The van der Waals surface area contributed by atoms with E-state index < -0.39 is 0 Å². The number of hydrogen-bond acceptors (Lipinski definition) is 5. The molecule has 1 rings (SSSR count). The highest BCUT2D eigenvalue weighted by Crippen LogP contribution is 2.10. The molecule has 0 unspecified atom stereocenters. The summed E-state index contributed by atoms with van der Waals surface area (Å²) in [6.45, 7) is 1.96. The van der Waals surface area contributed by atoms with Crippen molar-refractivity contribution in [2.75, 3.05) is 7.11 Å². The summed E-state index contributed by atoms with van der Waals surface area (Å²) in [6.07, 6.45) is 1.46. The van der Waals surface area contributed by atoms with E-state index in [1.165, 1.54) is 18.4 Å². The minimum atomic E-state index is 0.465. The zero-order valence-corrected chi connectivity index (χ0v) is 8.30. The molecule has 0 aliphatic heterocycles. The van der Waals surface area contributed by atoms with Crippen LogP contribution in [0.15, 0.2) is 10.5 Å². The topological polar surface area (TPSA) is 51.5 Å². The average molecular weight is 198 g/mol. The predicted molar refractivity (Wildman–Crippen MR) is 51.3 cm³/mol. The first-order valence-corrected chi connectivity index (χ1v) is 4.70. The fraction of sp³-hybridized carbons (Fsp3) is 0.375. The van der Waals surface area contributed by atoms with Crippen molar-refractivity contribution in [2.24, 2.45) is 5.16 Å². The smallest absolute Gasteiger partial charge is 0.178 e. The fourth-order valence-corrected chi connectivity index (χ4v) is 1.50. The Bertz CT molecular complexity index is 320. The van der Waals surface area contributed by atoms with Crippen molar-refractivity contribution < 1.29 is 9.63 Å². The monoisotopic (exact) mass is 198 g/mol. The van der Waals surface area contributed by atoms with Gasteiger partial charge in [-0.2, -0.15) is 0 Å². The molecule has 5 heteroatoms. The highest BCUT2D eigenvalue weighted by atomic mass is 32.1. The molecule has 0 aromatic carbocycles. The lowest BCUT2D eigenvalue weighted by atomic mass is 10.2. The van der Waals surface area contributed by atoms with E-state index in [2.05, 4.69) is 15.0 Å². The molecule has 0 saturated carbocycles. The second kappa shape index (κ2) is 4.71. The quantitative estimate of drug-likeness (QED) is 0.420. The van der Waals surface area contributed by atoms with E-state index >= 15 is 0 Å². The molecule has 0 radical (unpaired) electrons. The molecule has 0 saturated heterocycles. The zero-order valence-electron chi connectivity index (χ0n) is 7.48. The Kier molecular flexibility index (Phi) is 3.57. The van der Waals surface area contributed by atoms with Gasteiger partial charge in [0.2, 0.25) is 0 Å². The van der Waals surface area contributed by atoms with Crippen LogP contribution in [0.2, 0.25) is 0 Å². The fourth-order valence-electron chi connectivity index (χ4n) is 0.877. The van der Waals surface area contributed by atoms with Crippen LogP contribution in [-0.4, -0.2) is 24.1 Å². The van der Waals surface area contributed by atoms with Crippen molar-refractivity contribution in [2.45, 2.75) is 13.3 Å². The average Bonchev–Trinajstić information content (AvgIpc) is 2.62. The van der Waals surface area contributed by atoms with E-state index in [9.17, 15) is 4.79 Å². The summed E-state index contributed by atoms with van der Waals surface area (Å²) in [7, 11) is 1.49.